The van der Waals surface area contributed by atoms with E-state index >= 15 is 0 Å². The van der Waals surface area contributed by atoms with Crippen LogP contribution >= 0.6 is 0 Å². The maximum Gasteiger partial charge on any atom is 0.310 e. The predicted molar refractivity (Wildman–Crippen MR) is 84.5 cm³/mol. The number of carbonyl (C=O) groups is 1. The van der Waals surface area contributed by atoms with Crippen molar-refractivity contribution in [3.8, 4) is 5.75 Å². The Bertz CT molecular complexity index is 570. The molecule has 126 valence electrons. The van der Waals surface area contributed by atoms with Gasteiger partial charge in [0.15, 0.2) is 5.75 Å². The van der Waals surface area contributed by atoms with Crippen LogP contribution in [0.5, 0.6) is 5.75 Å². The molecule has 1 saturated heterocycles. The molecule has 0 aliphatic carbocycles. The number of hydrogen-bond donors (Lipinski definition) is 1. The number of aromatic hydroxyl groups is 1. The summed E-state index contributed by atoms with van der Waals surface area (Å²) in [4.78, 5) is 24.4. The minimum absolute atomic E-state index is 0.0332. The molecule has 1 aromatic carbocycles. The van der Waals surface area contributed by atoms with Crippen LogP contribution in [0.3, 0.4) is 0 Å². The third-order valence-corrected chi connectivity index (χ3v) is 3.90. The average Bonchev–Trinajstić information content (AvgIpc) is 2.54. The van der Waals surface area contributed by atoms with Gasteiger partial charge in [-0.15, -0.1) is 0 Å². The molecule has 1 aliphatic rings. The van der Waals surface area contributed by atoms with Crippen molar-refractivity contribution >= 4 is 11.6 Å². The normalized spacial score (nSPS) is 17.7. The molecule has 0 saturated carbocycles. The van der Waals surface area contributed by atoms with Crippen LogP contribution in [-0.4, -0.2) is 46.6 Å². The minimum Gasteiger partial charge on any atom is -0.502 e. The Labute approximate surface area is 135 Å². The Hall–Kier alpha value is -2.15. The molecule has 7 heteroatoms. The van der Waals surface area contributed by atoms with Crippen molar-refractivity contribution in [1.82, 2.24) is 4.90 Å². The summed E-state index contributed by atoms with van der Waals surface area (Å²) in [5, 5.41) is 20.4. The van der Waals surface area contributed by atoms with Crippen molar-refractivity contribution in [1.29, 1.82) is 0 Å². The van der Waals surface area contributed by atoms with Crippen LogP contribution in [0.15, 0.2) is 18.2 Å². The number of hydrogen-bond acceptors (Lipinski definition) is 5. The lowest BCUT2D eigenvalue weighted by Gasteiger charge is -2.30. The number of phenols is 1. The summed E-state index contributed by atoms with van der Waals surface area (Å²) in [6.45, 7) is 3.79. The summed E-state index contributed by atoms with van der Waals surface area (Å²) in [5.41, 5.74) is -0.156. The lowest BCUT2D eigenvalue weighted by Crippen LogP contribution is -2.40. The first-order chi connectivity index (χ1) is 11.0. The van der Waals surface area contributed by atoms with Crippen LogP contribution in [0.1, 0.15) is 43.0 Å². The molecule has 0 bridgehead atoms. The molecule has 0 spiro atoms. The van der Waals surface area contributed by atoms with E-state index in [0.717, 1.165) is 44.4 Å². The third-order valence-electron chi connectivity index (χ3n) is 3.90. The summed E-state index contributed by atoms with van der Waals surface area (Å²) in [7, 11) is 0. The van der Waals surface area contributed by atoms with E-state index in [1.165, 1.54) is 6.07 Å². The van der Waals surface area contributed by atoms with Crippen molar-refractivity contribution < 1.29 is 19.6 Å². The van der Waals surface area contributed by atoms with Crippen molar-refractivity contribution in [3.63, 3.8) is 0 Å². The van der Waals surface area contributed by atoms with Gasteiger partial charge in [-0.1, -0.05) is 6.92 Å². The molecular formula is C16H22N2O5. The van der Waals surface area contributed by atoms with Crippen LogP contribution in [0.2, 0.25) is 0 Å². The van der Waals surface area contributed by atoms with Crippen molar-refractivity contribution in [2.45, 2.75) is 38.7 Å². The first-order valence-electron chi connectivity index (χ1n) is 7.91. The molecule has 1 aliphatic heterocycles. The number of rotatable bonds is 6. The van der Waals surface area contributed by atoms with Crippen molar-refractivity contribution in [2.75, 3.05) is 19.7 Å². The number of nitro benzene ring substituents is 1. The van der Waals surface area contributed by atoms with Crippen molar-refractivity contribution in [3.05, 3.63) is 33.9 Å². The van der Waals surface area contributed by atoms with Gasteiger partial charge in [0.2, 0.25) is 0 Å². The number of nitro groups is 1. The van der Waals surface area contributed by atoms with E-state index in [0.29, 0.717) is 13.1 Å². The van der Waals surface area contributed by atoms with Gasteiger partial charge in [-0.05, 0) is 37.8 Å². The van der Waals surface area contributed by atoms with Gasteiger partial charge < -0.3 is 14.7 Å². The molecular weight excluding hydrogens is 300 g/mol. The second-order valence-electron chi connectivity index (χ2n) is 5.70. The van der Waals surface area contributed by atoms with Crippen LogP contribution in [0, 0.1) is 10.1 Å². The summed E-state index contributed by atoms with van der Waals surface area (Å²) < 4.78 is 5.68. The first kappa shape index (κ1) is 17.2. The Morgan fingerprint density at radius 2 is 2.26 bits per heavy atom. The fourth-order valence-corrected chi connectivity index (χ4v) is 2.74. The monoisotopic (exact) mass is 322 g/mol. The number of benzene rings is 1. The van der Waals surface area contributed by atoms with Gasteiger partial charge in [-0.3, -0.25) is 14.9 Å². The molecule has 1 heterocycles. The molecule has 2 rings (SSSR count). The van der Waals surface area contributed by atoms with E-state index in [4.69, 9.17) is 4.74 Å². The van der Waals surface area contributed by atoms with Crippen LogP contribution in [-0.2, 0) is 4.74 Å². The van der Waals surface area contributed by atoms with E-state index in [1.54, 1.807) is 4.90 Å². The maximum absolute atomic E-state index is 12.6. The molecule has 1 amide bonds. The third kappa shape index (κ3) is 4.41. The molecule has 0 radical (unpaired) electrons. The van der Waals surface area contributed by atoms with E-state index in [9.17, 15) is 20.0 Å². The fraction of sp³-hybridized carbons (Fsp3) is 0.562. The summed E-state index contributed by atoms with van der Waals surface area (Å²) in [6.07, 6.45) is 3.91. The second kappa shape index (κ2) is 7.92. The molecule has 7 nitrogen and oxygen atoms in total. The summed E-state index contributed by atoms with van der Waals surface area (Å²) in [6, 6.07) is 3.69. The number of carbonyl (C=O) groups excluding carboxylic acids is 1. The molecule has 0 aromatic heterocycles. The highest BCUT2D eigenvalue weighted by atomic mass is 16.6. The largest absolute Gasteiger partial charge is 0.502 e. The number of ether oxygens (including phenoxy) is 1. The van der Waals surface area contributed by atoms with Gasteiger partial charge in [-0.25, -0.2) is 0 Å². The molecule has 1 N–H and O–H groups in total. The highest BCUT2D eigenvalue weighted by Gasteiger charge is 2.23. The van der Waals surface area contributed by atoms with Gasteiger partial charge in [0.05, 0.1) is 11.0 Å². The van der Waals surface area contributed by atoms with Gasteiger partial charge in [0.1, 0.15) is 0 Å². The molecule has 0 unspecified atom stereocenters. The Balaban J connectivity index is 2.13. The van der Waals surface area contributed by atoms with Gasteiger partial charge in [0.25, 0.3) is 5.91 Å². The Kier molecular flexibility index (Phi) is 5.92. The van der Waals surface area contributed by atoms with Crippen molar-refractivity contribution in [2.24, 2.45) is 0 Å². The van der Waals surface area contributed by atoms with Gasteiger partial charge >= 0.3 is 5.69 Å². The predicted octanol–water partition coefficient (Wildman–Crippen LogP) is 2.72. The first-order valence-corrected chi connectivity index (χ1v) is 7.91. The average molecular weight is 322 g/mol. The Morgan fingerprint density at radius 1 is 1.48 bits per heavy atom. The SMILES string of the molecule is CCCN(C[C@@H]1CCCCO1)C(=O)c1ccc([N+](=O)[O-])c(O)c1. The standard InChI is InChI=1S/C16H22N2O5/c1-2-8-17(11-13-5-3-4-9-23-13)16(20)12-6-7-14(18(21)22)15(19)10-12/h6-7,10,13,19H,2-5,8-9,11H2,1H3/t13-/m0/s1. The quantitative estimate of drug-likeness (QED) is 0.642. The topological polar surface area (TPSA) is 92.9 Å². The summed E-state index contributed by atoms with van der Waals surface area (Å²) >= 11 is 0. The number of phenolic OH excluding ortho intramolecular Hbond substituents is 1. The van der Waals surface area contributed by atoms with Gasteiger partial charge in [0, 0.05) is 31.3 Å². The highest BCUT2D eigenvalue weighted by molar-refractivity contribution is 5.95. The van der Waals surface area contributed by atoms with E-state index < -0.39 is 16.4 Å². The second-order valence-corrected chi connectivity index (χ2v) is 5.70. The van der Waals surface area contributed by atoms with Crippen LogP contribution < -0.4 is 0 Å². The maximum atomic E-state index is 12.6. The summed E-state index contributed by atoms with van der Waals surface area (Å²) in [5.74, 6) is -0.738. The van der Waals surface area contributed by atoms with Gasteiger partial charge in [-0.2, -0.15) is 0 Å². The Morgan fingerprint density at radius 3 is 2.83 bits per heavy atom. The zero-order valence-corrected chi connectivity index (χ0v) is 13.2. The zero-order chi connectivity index (χ0) is 16.8. The highest BCUT2D eigenvalue weighted by Crippen LogP contribution is 2.27. The number of nitrogens with zero attached hydrogens (tertiary/aromatic N) is 2. The van der Waals surface area contributed by atoms with E-state index in [1.807, 2.05) is 6.92 Å². The molecule has 1 aromatic rings. The molecule has 1 atom stereocenters. The number of amides is 1. The minimum atomic E-state index is -0.677. The van der Waals surface area contributed by atoms with E-state index in [2.05, 4.69) is 0 Å². The smallest absolute Gasteiger partial charge is 0.310 e. The lowest BCUT2D eigenvalue weighted by molar-refractivity contribution is -0.385. The lowest BCUT2D eigenvalue weighted by atomic mass is 10.1. The fourth-order valence-electron chi connectivity index (χ4n) is 2.74. The zero-order valence-electron chi connectivity index (χ0n) is 13.2. The molecule has 23 heavy (non-hydrogen) atoms. The van der Waals surface area contributed by atoms with E-state index in [-0.39, 0.29) is 17.6 Å². The van der Waals surface area contributed by atoms with Crippen LogP contribution in [0.25, 0.3) is 0 Å². The molecule has 1 fully saturated rings. The van der Waals surface area contributed by atoms with Crippen LogP contribution in [0.4, 0.5) is 5.69 Å².